The van der Waals surface area contributed by atoms with E-state index < -0.39 is 17.6 Å². The Kier molecular flexibility index (Phi) is 8.99. The van der Waals surface area contributed by atoms with Crippen LogP contribution in [0.2, 0.25) is 10.0 Å². The van der Waals surface area contributed by atoms with Gasteiger partial charge in [0.15, 0.2) is 0 Å². The van der Waals surface area contributed by atoms with Crippen molar-refractivity contribution < 1.29 is 19.0 Å². The number of rotatable bonds is 10. The van der Waals surface area contributed by atoms with Crippen LogP contribution < -0.4 is 4.74 Å². The van der Waals surface area contributed by atoms with Gasteiger partial charge >= 0.3 is 5.97 Å². The smallest absolute Gasteiger partial charge is 0.309 e. The highest BCUT2D eigenvalue weighted by Crippen LogP contribution is 2.42. The van der Waals surface area contributed by atoms with Gasteiger partial charge in [-0.2, -0.15) is 0 Å². The number of carboxylic acid groups (broad SMARTS) is 1. The van der Waals surface area contributed by atoms with Crippen LogP contribution >= 0.6 is 35.0 Å². The average Bonchev–Trinajstić information content (AvgIpc) is 2.88. The third-order valence-electron chi connectivity index (χ3n) is 7.01. The molecule has 3 aromatic rings. The topological polar surface area (TPSA) is 62.7 Å². The van der Waals surface area contributed by atoms with Crippen LogP contribution in [0.15, 0.2) is 53.6 Å². The quantitative estimate of drug-likeness (QED) is 0.267. The van der Waals surface area contributed by atoms with Crippen molar-refractivity contribution in [3.8, 4) is 5.75 Å². The summed E-state index contributed by atoms with van der Waals surface area (Å²) in [5.74, 6) is 0.645. The summed E-state index contributed by atoms with van der Waals surface area (Å²) in [7, 11) is 1.55. The van der Waals surface area contributed by atoms with Crippen molar-refractivity contribution in [3.63, 3.8) is 0 Å². The second-order valence-corrected chi connectivity index (χ2v) is 11.2. The summed E-state index contributed by atoms with van der Waals surface area (Å²) < 4.78 is 20.9. The summed E-state index contributed by atoms with van der Waals surface area (Å²) in [4.78, 5) is 20.0. The number of methoxy groups -OCH3 is 1. The van der Waals surface area contributed by atoms with E-state index in [1.807, 2.05) is 24.3 Å². The standard InChI is InChI=1S/C27H29Cl2FN2O3S/c1-35-19-4-7-24-21(16-19)25(22(29)17-31-24)23(30)8-9-27(26(33)34)10-12-32(13-11-27)14-15-36-20-5-2-18(28)3-6-20/h2-7,16-17,23H,8-15H2,1H3,(H,33,34)/t23-/m0/s1. The number of pyridine rings is 1. The summed E-state index contributed by atoms with van der Waals surface area (Å²) in [6, 6.07) is 13.0. The molecule has 4 rings (SSSR count). The summed E-state index contributed by atoms with van der Waals surface area (Å²) >= 11 is 14.1. The lowest BCUT2D eigenvalue weighted by molar-refractivity contribution is -0.153. The number of alkyl halides is 1. The summed E-state index contributed by atoms with van der Waals surface area (Å²) in [5.41, 5.74) is 0.0327. The third kappa shape index (κ3) is 6.25. The van der Waals surface area contributed by atoms with Crippen LogP contribution in [-0.4, -0.2) is 53.5 Å². The van der Waals surface area contributed by atoms with Crippen molar-refractivity contribution in [2.75, 3.05) is 32.5 Å². The lowest BCUT2D eigenvalue weighted by Gasteiger charge is -2.39. The zero-order valence-corrected chi connectivity index (χ0v) is 22.4. The molecule has 1 saturated heterocycles. The molecule has 1 aromatic heterocycles. The Balaban J connectivity index is 1.37. The molecule has 5 nitrogen and oxygen atoms in total. The number of benzene rings is 2. The van der Waals surface area contributed by atoms with Crippen molar-refractivity contribution in [3.05, 3.63) is 64.3 Å². The van der Waals surface area contributed by atoms with Gasteiger partial charge in [-0.3, -0.25) is 9.78 Å². The normalized spacial score (nSPS) is 16.7. The number of aromatic nitrogens is 1. The molecular formula is C27H29Cl2FN2O3S. The van der Waals surface area contributed by atoms with Crippen LogP contribution in [0.4, 0.5) is 4.39 Å². The first kappa shape index (κ1) is 27.0. The zero-order chi connectivity index (χ0) is 25.7. The largest absolute Gasteiger partial charge is 0.497 e. The Labute approximate surface area is 224 Å². The van der Waals surface area contributed by atoms with Crippen LogP contribution in [0.1, 0.15) is 37.4 Å². The van der Waals surface area contributed by atoms with Gasteiger partial charge < -0.3 is 14.7 Å². The fourth-order valence-electron chi connectivity index (χ4n) is 4.76. The number of ether oxygens (including phenoxy) is 1. The van der Waals surface area contributed by atoms with E-state index >= 15 is 4.39 Å². The maximum absolute atomic E-state index is 15.6. The molecule has 1 aliphatic rings. The van der Waals surface area contributed by atoms with Crippen molar-refractivity contribution in [1.29, 1.82) is 0 Å². The molecule has 0 amide bonds. The molecular weight excluding hydrogens is 522 g/mol. The highest BCUT2D eigenvalue weighted by molar-refractivity contribution is 7.99. The van der Waals surface area contributed by atoms with Crippen LogP contribution in [0.25, 0.3) is 10.9 Å². The SMILES string of the molecule is COc1ccc2ncc(Cl)c([C@@H](F)CCC3(C(=O)O)CCN(CCSc4ccc(Cl)cc4)CC3)c2c1. The predicted octanol–water partition coefficient (Wildman–Crippen LogP) is 7.30. The maximum atomic E-state index is 15.6. The van der Waals surface area contributed by atoms with Gasteiger partial charge in [0.05, 0.1) is 23.1 Å². The minimum Gasteiger partial charge on any atom is -0.497 e. The number of thioether (sulfide) groups is 1. The Bertz CT molecular complexity index is 1200. The molecule has 0 aliphatic carbocycles. The minimum atomic E-state index is -1.40. The maximum Gasteiger partial charge on any atom is 0.309 e. The van der Waals surface area contributed by atoms with Crippen LogP contribution in [-0.2, 0) is 4.79 Å². The number of nitrogens with zero attached hydrogens (tertiary/aromatic N) is 2. The monoisotopic (exact) mass is 550 g/mol. The first-order valence-electron chi connectivity index (χ1n) is 11.9. The molecule has 0 radical (unpaired) electrons. The Hall–Kier alpha value is -2.06. The van der Waals surface area contributed by atoms with Crippen LogP contribution in [0, 0.1) is 5.41 Å². The number of piperidine rings is 1. The van der Waals surface area contributed by atoms with Gasteiger partial charge in [0.2, 0.25) is 0 Å². The zero-order valence-electron chi connectivity index (χ0n) is 20.1. The average molecular weight is 552 g/mol. The molecule has 192 valence electrons. The van der Waals surface area contributed by atoms with E-state index in [-0.39, 0.29) is 17.9 Å². The summed E-state index contributed by atoms with van der Waals surface area (Å²) in [5, 5.41) is 11.6. The fraction of sp³-hybridized carbons (Fsp3) is 0.407. The molecule has 0 saturated carbocycles. The number of halogens is 3. The van der Waals surface area contributed by atoms with Gasteiger partial charge in [-0.1, -0.05) is 23.2 Å². The van der Waals surface area contributed by atoms with Crippen molar-refractivity contribution in [2.45, 2.75) is 36.8 Å². The number of carbonyl (C=O) groups is 1. The van der Waals surface area contributed by atoms with E-state index in [0.717, 1.165) is 22.2 Å². The predicted molar refractivity (Wildman–Crippen MR) is 144 cm³/mol. The van der Waals surface area contributed by atoms with E-state index in [4.69, 9.17) is 27.9 Å². The van der Waals surface area contributed by atoms with Gasteiger partial charge in [-0.25, -0.2) is 4.39 Å². The van der Waals surface area contributed by atoms with Crippen molar-refractivity contribution in [1.82, 2.24) is 9.88 Å². The van der Waals surface area contributed by atoms with Crippen molar-refractivity contribution in [2.24, 2.45) is 5.41 Å². The molecule has 1 atom stereocenters. The minimum absolute atomic E-state index is 0.0781. The van der Waals surface area contributed by atoms with Crippen molar-refractivity contribution >= 4 is 51.8 Å². The second kappa shape index (κ2) is 12.0. The first-order chi connectivity index (χ1) is 17.3. The molecule has 1 fully saturated rings. The lowest BCUT2D eigenvalue weighted by Crippen LogP contribution is -2.45. The van der Waals surface area contributed by atoms with E-state index in [2.05, 4.69) is 9.88 Å². The van der Waals surface area contributed by atoms with E-state index in [1.165, 1.54) is 6.20 Å². The highest BCUT2D eigenvalue weighted by Gasteiger charge is 2.41. The second-order valence-electron chi connectivity index (χ2n) is 9.14. The van der Waals surface area contributed by atoms with Gasteiger partial charge in [0, 0.05) is 39.4 Å². The molecule has 2 heterocycles. The molecule has 36 heavy (non-hydrogen) atoms. The van der Waals surface area contributed by atoms with Gasteiger partial charge in [0.1, 0.15) is 11.9 Å². The fourth-order valence-corrected chi connectivity index (χ4v) is 6.07. The highest BCUT2D eigenvalue weighted by atomic mass is 35.5. The molecule has 9 heteroatoms. The van der Waals surface area contributed by atoms with Gasteiger partial charge in [-0.15, -0.1) is 11.8 Å². The number of aliphatic carboxylic acids is 1. The molecule has 0 spiro atoms. The molecule has 0 unspecified atom stereocenters. The molecule has 2 aromatic carbocycles. The first-order valence-corrected chi connectivity index (χ1v) is 13.7. The molecule has 0 bridgehead atoms. The summed E-state index contributed by atoms with van der Waals surface area (Å²) in [6.07, 6.45) is 1.38. The number of likely N-dealkylation sites (tertiary alicyclic amines) is 1. The number of hydrogen-bond donors (Lipinski definition) is 1. The third-order valence-corrected chi connectivity index (χ3v) is 8.56. The number of hydrogen-bond acceptors (Lipinski definition) is 5. The number of carboxylic acids is 1. The van der Waals surface area contributed by atoms with Gasteiger partial charge in [-0.05, 0) is 81.2 Å². The van der Waals surface area contributed by atoms with Gasteiger partial charge in [0.25, 0.3) is 0 Å². The lowest BCUT2D eigenvalue weighted by atomic mass is 9.74. The molecule has 1 N–H and O–H groups in total. The van der Waals surface area contributed by atoms with E-state index in [1.54, 1.807) is 37.1 Å². The Morgan fingerprint density at radius 1 is 1.22 bits per heavy atom. The van der Waals surface area contributed by atoms with Crippen LogP contribution in [0.3, 0.4) is 0 Å². The Morgan fingerprint density at radius 2 is 1.94 bits per heavy atom. The number of fused-ring (bicyclic) bond motifs is 1. The van der Waals surface area contributed by atoms with E-state index in [0.29, 0.717) is 48.1 Å². The summed E-state index contributed by atoms with van der Waals surface area (Å²) in [6.45, 7) is 2.23. The Morgan fingerprint density at radius 3 is 2.61 bits per heavy atom. The van der Waals surface area contributed by atoms with E-state index in [9.17, 15) is 9.90 Å². The molecule has 1 aliphatic heterocycles. The van der Waals surface area contributed by atoms with Crippen LogP contribution in [0.5, 0.6) is 5.75 Å².